The first-order valence-corrected chi connectivity index (χ1v) is 8.07. The van der Waals surface area contributed by atoms with Crippen molar-refractivity contribution in [1.82, 2.24) is 20.0 Å². The monoisotopic (exact) mass is 289 g/mol. The zero-order chi connectivity index (χ0) is 14.2. The Balaban J connectivity index is 1.32. The third-order valence-corrected chi connectivity index (χ3v) is 4.87. The summed E-state index contributed by atoms with van der Waals surface area (Å²) in [6.07, 6.45) is 8.54. The molecule has 3 atom stereocenters. The number of piperidine rings is 1. The van der Waals surface area contributed by atoms with Gasteiger partial charge in [0.25, 0.3) is 0 Å². The topological polar surface area (TPSA) is 62.2 Å². The van der Waals surface area contributed by atoms with Gasteiger partial charge in [-0.1, -0.05) is 0 Å². The molecule has 0 spiro atoms. The van der Waals surface area contributed by atoms with Crippen molar-refractivity contribution in [2.75, 3.05) is 25.0 Å². The molecule has 21 heavy (non-hydrogen) atoms. The van der Waals surface area contributed by atoms with Crippen LogP contribution in [0.2, 0.25) is 0 Å². The second-order valence-corrected chi connectivity index (χ2v) is 6.66. The van der Waals surface area contributed by atoms with Crippen molar-refractivity contribution >= 4 is 11.6 Å². The maximum Gasteiger partial charge on any atom is 0.241 e. The van der Waals surface area contributed by atoms with Gasteiger partial charge in [-0.25, -0.2) is 0 Å². The average molecular weight is 289 g/mol. The Morgan fingerprint density at radius 2 is 2.14 bits per heavy atom. The van der Waals surface area contributed by atoms with Crippen molar-refractivity contribution in [2.24, 2.45) is 5.92 Å². The Morgan fingerprint density at radius 1 is 1.29 bits per heavy atom. The molecule has 2 N–H and O–H groups in total. The molecule has 1 aromatic heterocycles. The molecular weight excluding hydrogens is 266 g/mol. The number of anilines is 1. The van der Waals surface area contributed by atoms with Gasteiger partial charge in [-0.2, -0.15) is 5.10 Å². The van der Waals surface area contributed by atoms with E-state index in [1.165, 1.54) is 32.5 Å². The van der Waals surface area contributed by atoms with E-state index in [0.717, 1.165) is 24.4 Å². The van der Waals surface area contributed by atoms with Gasteiger partial charge >= 0.3 is 0 Å². The summed E-state index contributed by atoms with van der Waals surface area (Å²) in [4.78, 5) is 14.3. The summed E-state index contributed by atoms with van der Waals surface area (Å²) in [5, 5.41) is 10.9. The summed E-state index contributed by atoms with van der Waals surface area (Å²) in [6.45, 7) is 4.01. The number of hydrogen-bond acceptors (Lipinski definition) is 4. The number of nitrogens with one attached hydrogen (secondary N) is 2. The van der Waals surface area contributed by atoms with Crippen LogP contribution in [-0.2, 0) is 11.3 Å². The lowest BCUT2D eigenvalue weighted by Crippen LogP contribution is -2.39. The first-order chi connectivity index (χ1) is 10.3. The molecule has 4 rings (SSSR count). The second kappa shape index (κ2) is 5.33. The van der Waals surface area contributed by atoms with E-state index in [0.29, 0.717) is 18.6 Å². The molecule has 3 unspecified atom stereocenters. The van der Waals surface area contributed by atoms with Crippen LogP contribution >= 0.6 is 0 Å². The van der Waals surface area contributed by atoms with Crippen LogP contribution in [0.15, 0.2) is 12.4 Å². The first kappa shape index (κ1) is 13.1. The van der Waals surface area contributed by atoms with Crippen LogP contribution in [0.5, 0.6) is 0 Å². The predicted molar refractivity (Wildman–Crippen MR) is 80.0 cm³/mol. The number of carbonyl (C=O) groups excluding carboxylic acids is 1. The minimum Gasteiger partial charge on any atom is -0.379 e. The van der Waals surface area contributed by atoms with E-state index in [1.807, 2.05) is 12.4 Å². The van der Waals surface area contributed by atoms with Crippen molar-refractivity contribution < 1.29 is 4.79 Å². The van der Waals surface area contributed by atoms with Crippen LogP contribution < -0.4 is 10.6 Å². The molecule has 3 fully saturated rings. The number of carbonyl (C=O) groups is 1. The lowest BCUT2D eigenvalue weighted by Gasteiger charge is -2.31. The smallest absolute Gasteiger partial charge is 0.241 e. The van der Waals surface area contributed by atoms with Gasteiger partial charge in [0.2, 0.25) is 5.91 Å². The standard InChI is InChI=1S/C15H23N5O/c21-15(18-12-1-2-12)10-20-9-13(7-16-20)17-14-4-6-19-5-3-11(14)8-19/h7,9,11-12,14,17H,1-6,8,10H2,(H,18,21). The van der Waals surface area contributed by atoms with Gasteiger partial charge in [0, 0.05) is 31.4 Å². The lowest BCUT2D eigenvalue weighted by atomic mass is 9.94. The van der Waals surface area contributed by atoms with Crippen LogP contribution in [-0.4, -0.2) is 52.3 Å². The van der Waals surface area contributed by atoms with Gasteiger partial charge in [-0.05, 0) is 38.1 Å². The Hall–Kier alpha value is -1.56. The Kier molecular flexibility index (Phi) is 3.33. The lowest BCUT2D eigenvalue weighted by molar-refractivity contribution is -0.122. The van der Waals surface area contributed by atoms with Gasteiger partial charge in [-0.3, -0.25) is 9.48 Å². The zero-order valence-corrected chi connectivity index (χ0v) is 12.3. The predicted octanol–water partition coefficient (Wildman–Crippen LogP) is 0.668. The largest absolute Gasteiger partial charge is 0.379 e. The molecule has 0 radical (unpaired) electrons. The van der Waals surface area contributed by atoms with Crippen molar-refractivity contribution in [1.29, 1.82) is 0 Å². The number of nitrogens with zero attached hydrogens (tertiary/aromatic N) is 3. The van der Waals surface area contributed by atoms with Gasteiger partial charge in [-0.15, -0.1) is 0 Å². The average Bonchev–Trinajstić information content (AvgIpc) is 3.03. The van der Waals surface area contributed by atoms with Crippen molar-refractivity contribution in [3.05, 3.63) is 12.4 Å². The molecule has 6 nitrogen and oxygen atoms in total. The van der Waals surface area contributed by atoms with Crippen LogP contribution in [0.3, 0.4) is 0 Å². The molecule has 0 aromatic carbocycles. The zero-order valence-electron chi connectivity index (χ0n) is 12.3. The van der Waals surface area contributed by atoms with Crippen LogP contribution in [0.4, 0.5) is 5.69 Å². The minimum atomic E-state index is 0.0660. The summed E-state index contributed by atoms with van der Waals surface area (Å²) in [7, 11) is 0. The quantitative estimate of drug-likeness (QED) is 0.836. The fourth-order valence-corrected chi connectivity index (χ4v) is 3.53. The second-order valence-electron chi connectivity index (χ2n) is 6.66. The van der Waals surface area contributed by atoms with Crippen molar-refractivity contribution in [3.8, 4) is 0 Å². The van der Waals surface area contributed by atoms with E-state index in [2.05, 4.69) is 20.6 Å². The SMILES string of the molecule is O=C(Cn1cc(NC2CCN3CCC2C3)cn1)NC1CC1. The van der Waals surface area contributed by atoms with Crippen molar-refractivity contribution in [3.63, 3.8) is 0 Å². The maximum atomic E-state index is 11.8. The molecule has 1 saturated carbocycles. The van der Waals surface area contributed by atoms with Gasteiger partial charge in [0.05, 0.1) is 11.9 Å². The molecular formula is C15H23N5O. The highest BCUT2D eigenvalue weighted by Gasteiger charge is 2.34. The Bertz CT molecular complexity index is 524. The van der Waals surface area contributed by atoms with Gasteiger partial charge in [0.15, 0.2) is 0 Å². The van der Waals surface area contributed by atoms with E-state index in [4.69, 9.17) is 0 Å². The Morgan fingerprint density at radius 3 is 3.00 bits per heavy atom. The molecule has 1 aromatic rings. The van der Waals surface area contributed by atoms with E-state index in [-0.39, 0.29) is 5.91 Å². The number of fused-ring (bicyclic) bond motifs is 2. The minimum absolute atomic E-state index is 0.0660. The molecule has 2 aliphatic heterocycles. The highest BCUT2D eigenvalue weighted by molar-refractivity contribution is 5.76. The van der Waals surface area contributed by atoms with E-state index >= 15 is 0 Å². The molecule has 114 valence electrons. The number of amides is 1. The van der Waals surface area contributed by atoms with Crippen LogP contribution in [0.25, 0.3) is 0 Å². The molecule has 1 amide bonds. The normalized spacial score (nSPS) is 31.1. The van der Waals surface area contributed by atoms with E-state index in [1.54, 1.807) is 4.68 Å². The van der Waals surface area contributed by atoms with E-state index in [9.17, 15) is 4.79 Å². The first-order valence-electron chi connectivity index (χ1n) is 8.07. The Labute approximate surface area is 124 Å². The van der Waals surface area contributed by atoms with Crippen LogP contribution in [0, 0.1) is 5.92 Å². The number of rotatable bonds is 5. The highest BCUT2D eigenvalue weighted by Crippen LogP contribution is 2.29. The molecule has 6 heteroatoms. The summed E-state index contributed by atoms with van der Waals surface area (Å²) >= 11 is 0. The molecule has 1 aliphatic carbocycles. The molecule has 2 saturated heterocycles. The number of hydrogen-bond donors (Lipinski definition) is 2. The van der Waals surface area contributed by atoms with Gasteiger partial charge < -0.3 is 15.5 Å². The summed E-state index contributed by atoms with van der Waals surface area (Å²) in [5.74, 6) is 0.830. The number of aromatic nitrogens is 2. The van der Waals surface area contributed by atoms with E-state index < -0.39 is 0 Å². The third kappa shape index (κ3) is 3.05. The summed E-state index contributed by atoms with van der Waals surface area (Å²) in [5.41, 5.74) is 1.04. The van der Waals surface area contributed by atoms with Gasteiger partial charge in [0.1, 0.15) is 6.54 Å². The molecule has 3 heterocycles. The highest BCUT2D eigenvalue weighted by atomic mass is 16.2. The summed E-state index contributed by atoms with van der Waals surface area (Å²) < 4.78 is 1.73. The molecule has 2 bridgehead atoms. The fraction of sp³-hybridized carbons (Fsp3) is 0.733. The fourth-order valence-electron chi connectivity index (χ4n) is 3.53. The van der Waals surface area contributed by atoms with Crippen molar-refractivity contribution in [2.45, 2.75) is 44.3 Å². The third-order valence-electron chi connectivity index (χ3n) is 4.87. The molecule has 3 aliphatic rings. The maximum absolute atomic E-state index is 11.8. The van der Waals surface area contributed by atoms with Crippen LogP contribution in [0.1, 0.15) is 25.7 Å². The summed E-state index contributed by atoms with van der Waals surface area (Å²) in [6, 6.07) is 0.972.